The van der Waals surface area contributed by atoms with Gasteiger partial charge < -0.3 is 10.6 Å². The molecule has 30 heavy (non-hydrogen) atoms. The third kappa shape index (κ3) is 4.27. The number of carbonyl (C=O) groups excluding carboxylic acids is 2. The monoisotopic (exact) mass is 411 g/mol. The lowest BCUT2D eigenvalue weighted by Gasteiger charge is -2.57. The van der Waals surface area contributed by atoms with E-state index < -0.39 is 0 Å². The molecule has 2 amide bonds. The van der Waals surface area contributed by atoms with E-state index in [4.69, 9.17) is 0 Å². The van der Waals surface area contributed by atoms with Crippen LogP contribution in [0.3, 0.4) is 0 Å². The van der Waals surface area contributed by atoms with Crippen LogP contribution in [0.5, 0.6) is 0 Å². The number of amides is 2. The molecule has 1 aromatic carbocycles. The summed E-state index contributed by atoms with van der Waals surface area (Å²) in [6.45, 7) is 8.19. The van der Waals surface area contributed by atoms with E-state index in [0.29, 0.717) is 0 Å². The van der Waals surface area contributed by atoms with E-state index in [2.05, 4.69) is 29.7 Å². The van der Waals surface area contributed by atoms with Gasteiger partial charge in [-0.1, -0.05) is 17.7 Å². The van der Waals surface area contributed by atoms with Crippen molar-refractivity contribution in [3.63, 3.8) is 0 Å². The van der Waals surface area contributed by atoms with Gasteiger partial charge in [0.1, 0.15) is 0 Å². The second-order valence-electron chi connectivity index (χ2n) is 10.6. The molecule has 4 aliphatic carbocycles. The SMILES string of the molecule is Cc1cc(C)c(NC(=O)CN(C)C(C)C(=O)NC23CC4CC(CC(C4)C2)C3)c(C)c1. The van der Waals surface area contributed by atoms with Gasteiger partial charge in [-0.3, -0.25) is 14.5 Å². The lowest BCUT2D eigenvalue weighted by molar-refractivity contribution is -0.131. The molecule has 5 rings (SSSR count). The Balaban J connectivity index is 1.34. The highest BCUT2D eigenvalue weighted by Crippen LogP contribution is 2.55. The van der Waals surface area contributed by atoms with Crippen LogP contribution in [-0.2, 0) is 9.59 Å². The Labute approximate surface area is 181 Å². The van der Waals surface area contributed by atoms with Gasteiger partial charge in [0.2, 0.25) is 11.8 Å². The van der Waals surface area contributed by atoms with Crippen molar-refractivity contribution < 1.29 is 9.59 Å². The minimum absolute atomic E-state index is 0.0132. The van der Waals surface area contributed by atoms with E-state index in [9.17, 15) is 9.59 Å². The van der Waals surface area contributed by atoms with E-state index in [-0.39, 0.29) is 29.9 Å². The van der Waals surface area contributed by atoms with Crippen LogP contribution < -0.4 is 10.6 Å². The number of carbonyl (C=O) groups is 2. The van der Waals surface area contributed by atoms with Crippen molar-refractivity contribution in [1.82, 2.24) is 10.2 Å². The van der Waals surface area contributed by atoms with Crippen LogP contribution in [-0.4, -0.2) is 41.9 Å². The largest absolute Gasteiger partial charge is 0.349 e. The number of aryl methyl sites for hydroxylation is 3. The van der Waals surface area contributed by atoms with E-state index in [0.717, 1.165) is 53.8 Å². The van der Waals surface area contributed by atoms with Crippen molar-refractivity contribution in [2.24, 2.45) is 17.8 Å². The fourth-order valence-electron chi connectivity index (χ4n) is 6.75. The third-order valence-corrected chi connectivity index (χ3v) is 7.80. The van der Waals surface area contributed by atoms with E-state index in [1.54, 1.807) is 0 Å². The molecule has 0 aliphatic heterocycles. The topological polar surface area (TPSA) is 61.4 Å². The average molecular weight is 412 g/mol. The van der Waals surface area contributed by atoms with Crippen molar-refractivity contribution in [1.29, 1.82) is 0 Å². The van der Waals surface area contributed by atoms with Gasteiger partial charge in [-0.05, 0) is 102 Å². The zero-order chi connectivity index (χ0) is 21.6. The highest BCUT2D eigenvalue weighted by Gasteiger charge is 2.51. The van der Waals surface area contributed by atoms with Crippen LogP contribution in [0.2, 0.25) is 0 Å². The zero-order valence-electron chi connectivity index (χ0n) is 19.2. The van der Waals surface area contributed by atoms with Crippen molar-refractivity contribution in [3.05, 3.63) is 28.8 Å². The van der Waals surface area contributed by atoms with Gasteiger partial charge in [-0.2, -0.15) is 0 Å². The normalized spacial score (nSPS) is 30.4. The fourth-order valence-corrected chi connectivity index (χ4v) is 6.75. The summed E-state index contributed by atoms with van der Waals surface area (Å²) in [5.41, 5.74) is 4.21. The molecule has 4 saturated carbocycles. The van der Waals surface area contributed by atoms with Crippen LogP contribution >= 0.6 is 0 Å². The molecule has 0 spiro atoms. The highest BCUT2D eigenvalue weighted by atomic mass is 16.2. The number of anilines is 1. The molecular formula is C25H37N3O2. The zero-order valence-corrected chi connectivity index (χ0v) is 19.2. The predicted octanol–water partition coefficient (Wildman–Crippen LogP) is 3.96. The van der Waals surface area contributed by atoms with E-state index in [1.807, 2.05) is 32.7 Å². The van der Waals surface area contributed by atoms with Gasteiger partial charge in [0, 0.05) is 11.2 Å². The molecule has 4 fully saturated rings. The molecule has 0 radical (unpaired) electrons. The number of hydrogen-bond acceptors (Lipinski definition) is 3. The van der Waals surface area contributed by atoms with Gasteiger partial charge in [-0.25, -0.2) is 0 Å². The van der Waals surface area contributed by atoms with Gasteiger partial charge in [-0.15, -0.1) is 0 Å². The highest BCUT2D eigenvalue weighted by molar-refractivity contribution is 5.94. The lowest BCUT2D eigenvalue weighted by atomic mass is 9.53. The van der Waals surface area contributed by atoms with Crippen LogP contribution in [0.4, 0.5) is 5.69 Å². The number of rotatable bonds is 6. The molecule has 5 heteroatoms. The van der Waals surface area contributed by atoms with E-state index in [1.165, 1.54) is 24.8 Å². The maximum Gasteiger partial charge on any atom is 0.238 e. The van der Waals surface area contributed by atoms with Crippen molar-refractivity contribution in [3.8, 4) is 0 Å². The van der Waals surface area contributed by atoms with Crippen LogP contribution in [0, 0.1) is 38.5 Å². The fraction of sp³-hybridized carbons (Fsp3) is 0.680. The molecular weight excluding hydrogens is 374 g/mol. The summed E-state index contributed by atoms with van der Waals surface area (Å²) in [4.78, 5) is 27.6. The Hall–Kier alpha value is -1.88. The average Bonchev–Trinajstić information content (AvgIpc) is 2.62. The molecule has 5 nitrogen and oxygen atoms in total. The first kappa shape index (κ1) is 21.4. The standard InChI is InChI=1S/C25H37N3O2/c1-15-6-16(2)23(17(3)7-15)26-22(29)14-28(5)18(4)24(30)27-25-11-19-8-20(12-25)10-21(9-19)13-25/h6-7,18-21H,8-14H2,1-5H3,(H,26,29)(H,27,30). The molecule has 2 N–H and O–H groups in total. The van der Waals surface area contributed by atoms with Crippen LogP contribution in [0.15, 0.2) is 12.1 Å². The molecule has 1 unspecified atom stereocenters. The Bertz CT molecular complexity index is 789. The Kier molecular flexibility index (Phi) is 5.69. The Morgan fingerprint density at radius 3 is 2.03 bits per heavy atom. The summed E-state index contributed by atoms with van der Waals surface area (Å²) in [7, 11) is 1.86. The van der Waals surface area contributed by atoms with Gasteiger partial charge in [0.05, 0.1) is 12.6 Å². The van der Waals surface area contributed by atoms with Gasteiger partial charge in [0.15, 0.2) is 0 Å². The first-order chi connectivity index (χ1) is 14.1. The second kappa shape index (κ2) is 7.99. The molecule has 0 aromatic heterocycles. The van der Waals surface area contributed by atoms with Gasteiger partial charge >= 0.3 is 0 Å². The molecule has 1 aromatic rings. The Morgan fingerprint density at radius 2 is 1.53 bits per heavy atom. The maximum atomic E-state index is 13.1. The quantitative estimate of drug-likeness (QED) is 0.745. The minimum Gasteiger partial charge on any atom is -0.349 e. The molecule has 0 saturated heterocycles. The van der Waals surface area contributed by atoms with Gasteiger partial charge in [0.25, 0.3) is 0 Å². The first-order valence-electron chi connectivity index (χ1n) is 11.5. The smallest absolute Gasteiger partial charge is 0.238 e. The van der Waals surface area contributed by atoms with Crippen molar-refractivity contribution >= 4 is 17.5 Å². The number of nitrogens with zero attached hydrogens (tertiary/aromatic N) is 1. The molecule has 4 bridgehead atoms. The summed E-state index contributed by atoms with van der Waals surface area (Å²) >= 11 is 0. The Morgan fingerprint density at radius 1 is 1.03 bits per heavy atom. The summed E-state index contributed by atoms with van der Waals surface area (Å²) in [6, 6.07) is 3.82. The maximum absolute atomic E-state index is 13.1. The molecule has 4 aliphatic rings. The number of nitrogens with one attached hydrogen (secondary N) is 2. The lowest BCUT2D eigenvalue weighted by Crippen LogP contribution is -2.62. The molecule has 164 valence electrons. The third-order valence-electron chi connectivity index (χ3n) is 7.80. The molecule has 1 atom stereocenters. The second-order valence-corrected chi connectivity index (χ2v) is 10.6. The predicted molar refractivity (Wildman–Crippen MR) is 120 cm³/mol. The van der Waals surface area contributed by atoms with Crippen molar-refractivity contribution in [2.45, 2.75) is 77.8 Å². The summed E-state index contributed by atoms with van der Waals surface area (Å²) in [5, 5.41) is 6.48. The van der Waals surface area contributed by atoms with E-state index >= 15 is 0 Å². The summed E-state index contributed by atoms with van der Waals surface area (Å²) in [5.74, 6) is 2.39. The number of hydrogen-bond donors (Lipinski definition) is 2. The number of likely N-dealkylation sites (N-methyl/N-ethyl adjacent to an activating group) is 1. The molecule has 0 heterocycles. The summed E-state index contributed by atoms with van der Waals surface area (Å²) < 4.78 is 0. The van der Waals surface area contributed by atoms with Crippen LogP contribution in [0.1, 0.15) is 62.1 Å². The van der Waals surface area contributed by atoms with Crippen molar-refractivity contribution in [2.75, 3.05) is 18.9 Å². The summed E-state index contributed by atoms with van der Waals surface area (Å²) in [6.07, 6.45) is 7.53. The first-order valence-corrected chi connectivity index (χ1v) is 11.5. The van der Waals surface area contributed by atoms with Crippen LogP contribution in [0.25, 0.3) is 0 Å². The number of benzene rings is 1. The minimum atomic E-state index is -0.330.